The molecule has 10 heteroatoms. The van der Waals surface area contributed by atoms with Gasteiger partial charge >= 0.3 is 0 Å². The summed E-state index contributed by atoms with van der Waals surface area (Å²) in [5.41, 5.74) is 14.7. The van der Waals surface area contributed by atoms with Crippen molar-refractivity contribution in [2.24, 2.45) is 68.9 Å². The lowest BCUT2D eigenvalue weighted by Crippen LogP contribution is -2.67. The van der Waals surface area contributed by atoms with Crippen molar-refractivity contribution in [3.63, 3.8) is 0 Å². The molecular weight excluding hydrogens is 1040 g/mol. The minimum atomic E-state index is -0.741. The third-order valence-corrected chi connectivity index (χ3v) is 24.8. The third-order valence-electron chi connectivity index (χ3n) is 24.8. The largest absolute Gasteiger partial charge is 0.508 e. The Hall–Kier alpha value is -5.86. The average Bonchev–Trinajstić information content (AvgIpc) is 0.779. The van der Waals surface area contributed by atoms with Gasteiger partial charge in [0.25, 0.3) is 0 Å². The number of carbonyl (C=O) groups is 1. The minimum Gasteiger partial charge on any atom is -0.508 e. The number of nitrogens with one attached hydrogen (secondary N) is 1. The molecule has 6 fully saturated rings. The van der Waals surface area contributed by atoms with Crippen LogP contribution in [-0.4, -0.2) is 69.7 Å². The molecule has 2 heterocycles. The first-order valence-corrected chi connectivity index (χ1v) is 32.9. The molecule has 3 aromatic rings. The lowest BCUT2D eigenvalue weighted by Gasteiger charge is -2.70. The zero-order chi connectivity index (χ0) is 56.9. The van der Waals surface area contributed by atoms with Crippen LogP contribution in [0.4, 0.5) is 0 Å². The van der Waals surface area contributed by atoms with E-state index >= 15 is 4.79 Å². The smallest absolute Gasteiger partial charge is 0.189 e. The molecule has 15 unspecified atom stereocenters. The molecule has 0 aromatic heterocycles. The molecule has 0 amide bonds. The summed E-state index contributed by atoms with van der Waals surface area (Å²) in [6.45, 7) is 2.83. The number of guanidine groups is 1. The van der Waals surface area contributed by atoms with Gasteiger partial charge < -0.3 is 41.0 Å². The second-order valence-corrected chi connectivity index (χ2v) is 29.1. The highest BCUT2D eigenvalue weighted by Gasteiger charge is 2.71. The van der Waals surface area contributed by atoms with E-state index in [4.69, 9.17) is 20.2 Å². The van der Waals surface area contributed by atoms with Crippen LogP contribution < -0.4 is 15.8 Å². The Morgan fingerprint density at radius 3 is 2.58 bits per heavy atom. The molecule has 84 heavy (non-hydrogen) atoms. The molecule has 5 saturated carbocycles. The predicted octanol–water partition coefficient (Wildman–Crippen LogP) is 12.5. The van der Waals surface area contributed by atoms with Crippen molar-refractivity contribution in [2.75, 3.05) is 19.8 Å². The summed E-state index contributed by atoms with van der Waals surface area (Å²) >= 11 is 0. The van der Waals surface area contributed by atoms with E-state index in [1.54, 1.807) is 0 Å². The molecule has 0 radical (unpaired) electrons. The number of aliphatic imine (C=N–C) groups is 1. The van der Waals surface area contributed by atoms with Crippen molar-refractivity contribution >= 4 is 11.7 Å². The molecule has 1 saturated heterocycles. The number of nitrogens with two attached hydrogens (primary N) is 1. The number of hydrogen-bond acceptors (Lipinski definition) is 10. The summed E-state index contributed by atoms with van der Waals surface area (Å²) in [7, 11) is 0. The fourth-order valence-corrected chi connectivity index (χ4v) is 21.8. The summed E-state index contributed by atoms with van der Waals surface area (Å²) in [4.78, 5) is 21.7. The van der Waals surface area contributed by atoms with E-state index in [2.05, 4.69) is 109 Å². The molecule has 7 N–H and O–H groups in total. The van der Waals surface area contributed by atoms with Crippen LogP contribution in [0, 0.1) is 70.0 Å². The van der Waals surface area contributed by atoms with Gasteiger partial charge in [-0.3, -0.25) is 4.79 Å². The first-order chi connectivity index (χ1) is 40.9. The number of ketones is 1. The second-order valence-electron chi connectivity index (χ2n) is 29.1. The molecule has 2 aliphatic heterocycles. The van der Waals surface area contributed by atoms with Crippen molar-refractivity contribution in [3.05, 3.63) is 147 Å². The Morgan fingerprint density at radius 2 is 1.74 bits per heavy atom. The minimum absolute atomic E-state index is 0.0523. The zero-order valence-electron chi connectivity index (χ0n) is 49.1. The highest BCUT2D eigenvalue weighted by atomic mass is 16.5. The molecule has 10 nitrogen and oxygen atoms in total. The number of phenols is 2. The summed E-state index contributed by atoms with van der Waals surface area (Å²) in [6, 6.07) is 17.3. The SMILES string of the molecule is CC1CC23C=CC4CC5CC6(CO)C=CCCC6C(CO)=C5C(=O)CC4c4cc(OC5CCCC5)c(O)c5c4C#CCC(N=C(N)NC4(CCCCC4)c4cccc(c4)Cc4cc(O)cc2c4)C2C=CC46OCCCC4CC4(C1)C3=CC2C6C54. The summed E-state index contributed by atoms with van der Waals surface area (Å²) in [5.74, 6) is 8.02. The lowest BCUT2D eigenvalue weighted by atomic mass is 9.35. The van der Waals surface area contributed by atoms with Gasteiger partial charge in [0.2, 0.25) is 0 Å². The molecule has 15 bridgehead atoms. The van der Waals surface area contributed by atoms with E-state index in [0.29, 0.717) is 44.0 Å². The Morgan fingerprint density at radius 1 is 0.881 bits per heavy atom. The van der Waals surface area contributed by atoms with Crippen LogP contribution in [0.15, 0.2) is 113 Å². The molecule has 3 spiro atoms. The van der Waals surface area contributed by atoms with Gasteiger partial charge in [0, 0.05) is 70.1 Å². The fourth-order valence-electron chi connectivity index (χ4n) is 21.8. The standard InChI is InChI=1S/C74H85N3O7/c1-43-37-71-25-20-46-32-47-39-70(42-79)22-8-5-18-59(70)58(41-78)64(47)61(81)34-55(46)56-35-62(84-52-15-3-4-16-52)68(82)65-54(56)17-10-19-60(53-21-26-74-49(14-11-27-83-74)40-72(38-43)63(71)36-57(53)66(74)67(65)72)76-69(75)77-73(23-6-2-7-24-73)48-13-9-12-44(29-48)28-45-30-50(71)33-51(80)31-45/h8-9,12-13,20-22,25-26,29-31,33,35-36,43,46-47,49,52-53,55,57,59-60,66-67,78-80,82H,2-7,11,14-16,18-19,23-24,27-28,32,34,37-42H2,1H3,(H3,75,76,77). The van der Waals surface area contributed by atoms with Crippen LogP contribution in [0.3, 0.4) is 0 Å². The van der Waals surface area contributed by atoms with Crippen LogP contribution in [0.5, 0.6) is 17.2 Å². The second kappa shape index (κ2) is 19.8. The van der Waals surface area contributed by atoms with Crippen molar-refractivity contribution < 1.29 is 34.7 Å². The Kier molecular flexibility index (Phi) is 12.7. The number of carbonyl (C=O) groups excluding carboxylic acids is 1. The number of ether oxygens (including phenoxy) is 2. The number of hydrogen-bond donors (Lipinski definition) is 6. The van der Waals surface area contributed by atoms with Crippen molar-refractivity contribution in [1.29, 1.82) is 0 Å². The molecule has 16 rings (SSSR count). The molecular formula is C74H85N3O7. The molecule has 11 aliphatic carbocycles. The van der Waals surface area contributed by atoms with Crippen LogP contribution in [-0.2, 0) is 26.9 Å². The topological polar surface area (TPSA) is 167 Å². The highest BCUT2D eigenvalue weighted by Crippen LogP contribution is 2.77. The van der Waals surface area contributed by atoms with E-state index in [-0.39, 0.29) is 108 Å². The summed E-state index contributed by atoms with van der Waals surface area (Å²) in [6.07, 6.45) is 34.9. The number of aromatic hydroxyl groups is 2. The number of fused-ring (bicyclic) bond motifs is 9. The maximum Gasteiger partial charge on any atom is 0.189 e. The van der Waals surface area contributed by atoms with Crippen molar-refractivity contribution in [1.82, 2.24) is 5.32 Å². The molecule has 15 atom stereocenters. The van der Waals surface area contributed by atoms with Crippen molar-refractivity contribution in [3.8, 4) is 29.1 Å². The van der Waals surface area contributed by atoms with E-state index in [1.807, 2.05) is 6.07 Å². The van der Waals surface area contributed by atoms with E-state index in [9.17, 15) is 20.4 Å². The Labute approximate surface area is 496 Å². The lowest BCUT2D eigenvalue weighted by molar-refractivity contribution is -0.199. The maximum absolute atomic E-state index is 16.0. The van der Waals surface area contributed by atoms with E-state index in [1.165, 1.54) is 23.1 Å². The maximum atomic E-state index is 16.0. The van der Waals surface area contributed by atoms with Crippen molar-refractivity contribution in [2.45, 2.75) is 182 Å². The summed E-state index contributed by atoms with van der Waals surface area (Å²) in [5, 5.41) is 53.5. The zero-order valence-corrected chi connectivity index (χ0v) is 49.1. The predicted molar refractivity (Wildman–Crippen MR) is 325 cm³/mol. The fraction of sp³-hybridized carbons (Fsp3) is 0.568. The third kappa shape index (κ3) is 7.91. The van der Waals surface area contributed by atoms with Crippen LogP contribution in [0.2, 0.25) is 0 Å². The molecule has 3 aromatic carbocycles. The van der Waals surface area contributed by atoms with Gasteiger partial charge in [-0.05, 0) is 196 Å². The number of rotatable bonds is 4. The Bertz CT molecular complexity index is 3490. The Balaban J connectivity index is 1.03. The molecule has 438 valence electrons. The van der Waals surface area contributed by atoms with Gasteiger partial charge in [-0.15, -0.1) is 0 Å². The van der Waals surface area contributed by atoms with Gasteiger partial charge in [0.1, 0.15) is 5.75 Å². The number of phenolic OH excluding ortho intramolecular Hbond substituents is 2. The first kappa shape index (κ1) is 53.6. The van der Waals surface area contributed by atoms with Gasteiger partial charge in [0.15, 0.2) is 23.2 Å². The van der Waals surface area contributed by atoms with Gasteiger partial charge in [-0.25, -0.2) is 4.99 Å². The number of allylic oxidation sites excluding steroid dienone is 6. The van der Waals surface area contributed by atoms with Gasteiger partial charge in [-0.2, -0.15) is 0 Å². The normalized spacial score (nSPS) is 39.2. The number of aliphatic hydroxyl groups excluding tert-OH is 2. The van der Waals surface area contributed by atoms with Crippen LogP contribution in [0.1, 0.15) is 186 Å². The van der Waals surface area contributed by atoms with Crippen LogP contribution in [0.25, 0.3) is 0 Å². The van der Waals surface area contributed by atoms with Gasteiger partial charge in [-0.1, -0.05) is 116 Å². The number of Topliss-reactive ketones (excluding diaryl/α,β-unsaturated/α-hetero) is 1. The monoisotopic (exact) mass is 1130 g/mol. The number of benzene rings is 3. The first-order valence-electron chi connectivity index (χ1n) is 32.9. The van der Waals surface area contributed by atoms with Crippen LogP contribution >= 0.6 is 0 Å². The summed E-state index contributed by atoms with van der Waals surface area (Å²) < 4.78 is 14.8. The van der Waals surface area contributed by atoms with Gasteiger partial charge in [0.05, 0.1) is 36.5 Å². The van der Waals surface area contributed by atoms with E-state index in [0.717, 1.165) is 135 Å². The molecule has 13 aliphatic rings. The quantitative estimate of drug-likeness (QED) is 0.110. The highest BCUT2D eigenvalue weighted by molar-refractivity contribution is 5.98. The number of aliphatic hydroxyl groups is 2. The number of nitrogens with zero attached hydrogens (tertiary/aromatic N) is 1. The van der Waals surface area contributed by atoms with E-state index < -0.39 is 27.4 Å². The average molecular weight is 1130 g/mol.